The van der Waals surface area contributed by atoms with E-state index in [-0.39, 0.29) is 0 Å². The number of ether oxygens (including phenoxy) is 1. The van der Waals surface area contributed by atoms with Gasteiger partial charge in [-0.1, -0.05) is 23.7 Å². The Morgan fingerprint density at radius 1 is 1.33 bits per heavy atom. The molecule has 6 heteroatoms. The van der Waals surface area contributed by atoms with Crippen LogP contribution in [-0.4, -0.2) is 51.6 Å². The van der Waals surface area contributed by atoms with Crippen LogP contribution in [0.25, 0.3) is 0 Å². The van der Waals surface area contributed by atoms with E-state index in [1.807, 2.05) is 41.2 Å². The molecule has 2 aromatic rings. The quantitative estimate of drug-likeness (QED) is 0.795. The Kier molecular flexibility index (Phi) is 6.26. The smallest absolute Gasteiger partial charge is 0.0900 e. The monoisotopic (exact) mass is 349 g/mol. The zero-order valence-electron chi connectivity index (χ0n) is 13.7. The number of rotatable bonds is 8. The average molecular weight is 350 g/mol. The molecule has 2 heterocycles. The van der Waals surface area contributed by atoms with Crippen molar-refractivity contribution in [3.63, 3.8) is 0 Å². The molecule has 0 unspecified atom stereocenters. The fourth-order valence-electron chi connectivity index (χ4n) is 3.18. The van der Waals surface area contributed by atoms with Gasteiger partial charge in [-0.3, -0.25) is 9.58 Å². The van der Waals surface area contributed by atoms with E-state index in [1.165, 1.54) is 6.42 Å². The van der Waals surface area contributed by atoms with Crippen LogP contribution in [0.4, 0.5) is 0 Å². The highest BCUT2D eigenvalue weighted by atomic mass is 35.5. The molecule has 0 bridgehead atoms. The van der Waals surface area contributed by atoms with Gasteiger partial charge in [0.2, 0.25) is 0 Å². The van der Waals surface area contributed by atoms with E-state index in [0.717, 1.165) is 30.1 Å². The highest BCUT2D eigenvalue weighted by Crippen LogP contribution is 2.19. The minimum absolute atomic E-state index is 0.341. The molecular weight excluding hydrogens is 326 g/mol. The van der Waals surface area contributed by atoms with Crippen molar-refractivity contribution in [2.24, 2.45) is 0 Å². The normalized spacial score (nSPS) is 19.7. The van der Waals surface area contributed by atoms with Crippen LogP contribution in [-0.2, 0) is 17.9 Å². The molecule has 1 aliphatic rings. The summed E-state index contributed by atoms with van der Waals surface area (Å²) in [7, 11) is 0. The molecule has 1 saturated heterocycles. The van der Waals surface area contributed by atoms with Gasteiger partial charge in [0, 0.05) is 30.0 Å². The fourth-order valence-corrected chi connectivity index (χ4v) is 3.31. The zero-order chi connectivity index (χ0) is 16.8. The number of aliphatic hydroxyl groups is 1. The van der Waals surface area contributed by atoms with Gasteiger partial charge in [0.25, 0.3) is 0 Å². The van der Waals surface area contributed by atoms with E-state index in [1.54, 1.807) is 6.20 Å². The van der Waals surface area contributed by atoms with Gasteiger partial charge in [-0.2, -0.15) is 5.10 Å². The minimum Gasteiger partial charge on any atom is -0.389 e. The number of likely N-dealkylation sites (tertiary alicyclic amines) is 1. The van der Waals surface area contributed by atoms with E-state index < -0.39 is 6.10 Å². The van der Waals surface area contributed by atoms with Crippen molar-refractivity contribution in [2.75, 3.05) is 19.7 Å². The van der Waals surface area contributed by atoms with E-state index in [2.05, 4.69) is 10.00 Å². The first-order valence-electron chi connectivity index (χ1n) is 8.42. The molecule has 0 amide bonds. The van der Waals surface area contributed by atoms with Crippen molar-refractivity contribution in [1.29, 1.82) is 0 Å². The minimum atomic E-state index is -0.476. The molecular formula is C18H24ClN3O2. The molecule has 130 valence electrons. The summed E-state index contributed by atoms with van der Waals surface area (Å²) in [6, 6.07) is 9.96. The molecule has 0 aliphatic carbocycles. The molecule has 1 aromatic carbocycles. The summed E-state index contributed by atoms with van der Waals surface area (Å²) in [5.74, 6) is 0. The third-order valence-electron chi connectivity index (χ3n) is 4.39. The molecule has 0 spiro atoms. The Bertz CT molecular complexity index is 603. The second-order valence-corrected chi connectivity index (χ2v) is 6.75. The van der Waals surface area contributed by atoms with Gasteiger partial charge in [0.05, 0.1) is 25.9 Å². The first-order valence-corrected chi connectivity index (χ1v) is 8.80. The zero-order valence-corrected chi connectivity index (χ0v) is 14.5. The second-order valence-electron chi connectivity index (χ2n) is 6.31. The van der Waals surface area contributed by atoms with Crippen LogP contribution in [0.1, 0.15) is 18.4 Å². The summed E-state index contributed by atoms with van der Waals surface area (Å²) < 4.78 is 7.60. The number of hydrogen-bond donors (Lipinski definition) is 1. The topological polar surface area (TPSA) is 50.5 Å². The molecule has 1 aromatic heterocycles. The molecule has 1 N–H and O–H groups in total. The van der Waals surface area contributed by atoms with Crippen LogP contribution in [0, 0.1) is 0 Å². The largest absolute Gasteiger partial charge is 0.389 e. The lowest BCUT2D eigenvalue weighted by Gasteiger charge is -2.26. The van der Waals surface area contributed by atoms with Gasteiger partial charge in [0.1, 0.15) is 0 Å². The number of benzene rings is 1. The van der Waals surface area contributed by atoms with E-state index in [4.69, 9.17) is 16.3 Å². The van der Waals surface area contributed by atoms with Crippen molar-refractivity contribution >= 4 is 11.6 Å². The maximum Gasteiger partial charge on any atom is 0.0900 e. The maximum atomic E-state index is 10.3. The number of aromatic nitrogens is 2. The number of aliphatic hydroxyl groups excluding tert-OH is 1. The molecule has 3 rings (SSSR count). The van der Waals surface area contributed by atoms with Crippen molar-refractivity contribution in [2.45, 2.75) is 38.1 Å². The molecule has 24 heavy (non-hydrogen) atoms. The molecule has 5 nitrogen and oxygen atoms in total. The summed E-state index contributed by atoms with van der Waals surface area (Å²) >= 11 is 5.86. The van der Waals surface area contributed by atoms with Crippen LogP contribution in [0.3, 0.4) is 0 Å². The Labute approximate surface area is 147 Å². The van der Waals surface area contributed by atoms with Gasteiger partial charge in [-0.05, 0) is 43.1 Å². The second kappa shape index (κ2) is 8.62. The van der Waals surface area contributed by atoms with Gasteiger partial charge in [0.15, 0.2) is 0 Å². The predicted octanol–water partition coefficient (Wildman–Crippen LogP) is 2.58. The first-order chi connectivity index (χ1) is 11.7. The summed E-state index contributed by atoms with van der Waals surface area (Å²) in [5, 5.41) is 15.3. The Morgan fingerprint density at radius 3 is 2.92 bits per heavy atom. The van der Waals surface area contributed by atoms with Crippen molar-refractivity contribution < 1.29 is 9.84 Å². The van der Waals surface area contributed by atoms with Crippen LogP contribution in [0.15, 0.2) is 42.7 Å². The molecule has 1 fully saturated rings. The Balaban J connectivity index is 1.40. The lowest BCUT2D eigenvalue weighted by molar-refractivity contribution is 0.00666. The van der Waals surface area contributed by atoms with Crippen LogP contribution < -0.4 is 0 Å². The van der Waals surface area contributed by atoms with Crippen LogP contribution >= 0.6 is 11.6 Å². The number of nitrogens with zero attached hydrogens (tertiary/aromatic N) is 3. The molecule has 0 saturated carbocycles. The summed E-state index contributed by atoms with van der Waals surface area (Å²) in [6.45, 7) is 3.39. The summed E-state index contributed by atoms with van der Waals surface area (Å²) in [6.07, 6.45) is 5.64. The molecule has 2 atom stereocenters. The molecule has 0 radical (unpaired) electrons. The fraction of sp³-hybridized carbons (Fsp3) is 0.500. The number of β-amino-alcohol motifs (C(OH)–C–C–N with tert-alkyl or cyclic N) is 1. The lowest BCUT2D eigenvalue weighted by Crippen LogP contribution is -2.40. The Hall–Kier alpha value is -1.40. The van der Waals surface area contributed by atoms with Crippen molar-refractivity contribution in [3.8, 4) is 0 Å². The summed E-state index contributed by atoms with van der Waals surface area (Å²) in [5.41, 5.74) is 1.06. The van der Waals surface area contributed by atoms with Crippen LogP contribution in [0.5, 0.6) is 0 Å². The number of halogens is 1. The standard InChI is InChI=1S/C18H24ClN3O2/c19-16-6-4-15(5-7-16)13-24-14-18(23)12-21-9-1-3-17(21)11-22-10-2-8-20-22/h2,4-8,10,17-18,23H,1,3,9,11-14H2/t17-,18+/m0/s1. The van der Waals surface area contributed by atoms with Gasteiger partial charge < -0.3 is 9.84 Å². The highest BCUT2D eigenvalue weighted by molar-refractivity contribution is 6.30. The first kappa shape index (κ1) is 17.4. The lowest BCUT2D eigenvalue weighted by atomic mass is 10.2. The molecule has 1 aliphatic heterocycles. The van der Waals surface area contributed by atoms with Gasteiger partial charge in [-0.25, -0.2) is 0 Å². The van der Waals surface area contributed by atoms with E-state index in [9.17, 15) is 5.11 Å². The third kappa shape index (κ3) is 5.05. The number of hydrogen-bond acceptors (Lipinski definition) is 4. The summed E-state index contributed by atoms with van der Waals surface area (Å²) in [4.78, 5) is 2.35. The average Bonchev–Trinajstić information content (AvgIpc) is 3.22. The van der Waals surface area contributed by atoms with Crippen LogP contribution in [0.2, 0.25) is 5.02 Å². The predicted molar refractivity (Wildman–Crippen MR) is 93.9 cm³/mol. The van der Waals surface area contributed by atoms with Crippen molar-refractivity contribution in [1.82, 2.24) is 14.7 Å². The SMILES string of the molecule is O[C@@H](COCc1ccc(Cl)cc1)CN1CCC[C@H]1Cn1cccn1. The van der Waals surface area contributed by atoms with E-state index in [0.29, 0.717) is 25.8 Å². The third-order valence-corrected chi connectivity index (χ3v) is 4.65. The Morgan fingerprint density at radius 2 is 2.17 bits per heavy atom. The highest BCUT2D eigenvalue weighted by Gasteiger charge is 2.26. The van der Waals surface area contributed by atoms with Gasteiger partial charge >= 0.3 is 0 Å². The maximum absolute atomic E-state index is 10.3. The van der Waals surface area contributed by atoms with E-state index >= 15 is 0 Å². The van der Waals surface area contributed by atoms with Crippen molar-refractivity contribution in [3.05, 3.63) is 53.3 Å². The van der Waals surface area contributed by atoms with Gasteiger partial charge in [-0.15, -0.1) is 0 Å².